The fourth-order valence-corrected chi connectivity index (χ4v) is 2.58. The van der Waals surface area contributed by atoms with Crippen molar-refractivity contribution < 1.29 is 19.1 Å². The van der Waals surface area contributed by atoms with Crippen molar-refractivity contribution >= 4 is 28.8 Å². The molecule has 2 amide bonds. The number of rotatable bonds is 10. The minimum atomic E-state index is -0.125. The lowest BCUT2D eigenvalue weighted by Gasteiger charge is -2.07. The highest BCUT2D eigenvalue weighted by Gasteiger charge is 2.07. The van der Waals surface area contributed by atoms with Gasteiger partial charge in [-0.25, -0.2) is 4.98 Å². The molecule has 134 valence electrons. The van der Waals surface area contributed by atoms with Gasteiger partial charge in [0.25, 0.3) is 5.91 Å². The molecule has 0 aliphatic carbocycles. The van der Waals surface area contributed by atoms with Crippen LogP contribution in [0.5, 0.6) is 5.88 Å². The van der Waals surface area contributed by atoms with Crippen LogP contribution in [0.2, 0.25) is 0 Å². The van der Waals surface area contributed by atoms with Crippen LogP contribution < -0.4 is 15.4 Å². The first-order valence-electron chi connectivity index (χ1n) is 7.88. The normalized spacial score (nSPS) is 10.3. The van der Waals surface area contributed by atoms with Gasteiger partial charge in [-0.05, 0) is 23.9 Å². The summed E-state index contributed by atoms with van der Waals surface area (Å²) in [7, 11) is 1.60. The molecule has 2 heterocycles. The summed E-state index contributed by atoms with van der Waals surface area (Å²) < 4.78 is 10.2. The monoisotopic (exact) mass is 363 g/mol. The molecule has 0 radical (unpaired) electrons. The smallest absolute Gasteiger partial charge is 0.261 e. The topological polar surface area (TPSA) is 89.5 Å². The van der Waals surface area contributed by atoms with Crippen LogP contribution in [0.3, 0.4) is 0 Å². The van der Waals surface area contributed by atoms with Crippen molar-refractivity contribution in [1.29, 1.82) is 0 Å². The number of nitrogens with one attached hydrogen (secondary N) is 2. The number of hydrogen-bond acceptors (Lipinski definition) is 6. The van der Waals surface area contributed by atoms with Gasteiger partial charge in [0.2, 0.25) is 11.8 Å². The number of thiophene rings is 1. The zero-order valence-electron chi connectivity index (χ0n) is 14.0. The molecule has 7 nitrogen and oxygen atoms in total. The highest BCUT2D eigenvalue weighted by molar-refractivity contribution is 7.12. The van der Waals surface area contributed by atoms with E-state index in [1.807, 2.05) is 11.4 Å². The third-order valence-corrected chi connectivity index (χ3v) is 4.04. The van der Waals surface area contributed by atoms with E-state index in [4.69, 9.17) is 9.47 Å². The molecule has 2 rings (SSSR count). The number of methoxy groups -OCH3 is 1. The van der Waals surface area contributed by atoms with Crippen molar-refractivity contribution in [3.05, 3.63) is 40.7 Å². The first-order valence-corrected chi connectivity index (χ1v) is 8.76. The van der Waals surface area contributed by atoms with Gasteiger partial charge in [-0.2, -0.15) is 0 Å². The van der Waals surface area contributed by atoms with Crippen molar-refractivity contribution in [3.8, 4) is 5.88 Å². The van der Waals surface area contributed by atoms with Crippen LogP contribution in [0.25, 0.3) is 0 Å². The number of carbonyl (C=O) groups excluding carboxylic acids is 2. The Morgan fingerprint density at radius 2 is 2.12 bits per heavy atom. The maximum absolute atomic E-state index is 11.9. The van der Waals surface area contributed by atoms with Gasteiger partial charge >= 0.3 is 0 Å². The molecule has 0 aliphatic rings. The molecule has 0 bridgehead atoms. The minimum absolute atomic E-state index is 0.108. The molecule has 2 aromatic rings. The second-order valence-electron chi connectivity index (χ2n) is 5.11. The Labute approximate surface area is 150 Å². The summed E-state index contributed by atoms with van der Waals surface area (Å²) >= 11 is 1.39. The molecule has 0 aliphatic heterocycles. The van der Waals surface area contributed by atoms with E-state index in [-0.39, 0.29) is 11.8 Å². The maximum Gasteiger partial charge on any atom is 0.261 e. The van der Waals surface area contributed by atoms with Crippen LogP contribution in [0.1, 0.15) is 22.5 Å². The number of anilines is 1. The van der Waals surface area contributed by atoms with E-state index in [1.54, 1.807) is 31.5 Å². The molecular formula is C17H21N3O4S. The van der Waals surface area contributed by atoms with Crippen molar-refractivity contribution in [1.82, 2.24) is 10.3 Å². The standard InChI is InChI=1S/C17H21N3O4S/c1-23-9-10-24-16-7-6-13(12-19-16)20-15(21)5-2-8-18-17(22)14-4-3-11-25-14/h3-4,6-7,11-12H,2,5,8-10H2,1H3,(H,18,22)(H,20,21). The summed E-state index contributed by atoms with van der Waals surface area (Å²) in [6.45, 7) is 1.37. The summed E-state index contributed by atoms with van der Waals surface area (Å²) in [5.41, 5.74) is 0.603. The Bertz CT molecular complexity index is 659. The average molecular weight is 363 g/mol. The highest BCUT2D eigenvalue weighted by atomic mass is 32.1. The van der Waals surface area contributed by atoms with Gasteiger partial charge in [-0.15, -0.1) is 11.3 Å². The Morgan fingerprint density at radius 3 is 2.80 bits per heavy atom. The summed E-state index contributed by atoms with van der Waals surface area (Å²) in [6.07, 6.45) is 2.42. The summed E-state index contributed by atoms with van der Waals surface area (Å²) in [6, 6.07) is 7.01. The third-order valence-electron chi connectivity index (χ3n) is 3.17. The molecule has 0 unspecified atom stereocenters. The summed E-state index contributed by atoms with van der Waals surface area (Å²) in [5.74, 6) is 0.246. The van der Waals surface area contributed by atoms with Crippen LogP contribution in [0.15, 0.2) is 35.8 Å². The zero-order valence-corrected chi connectivity index (χ0v) is 14.8. The van der Waals surface area contributed by atoms with Gasteiger partial charge in [0.05, 0.1) is 23.4 Å². The number of hydrogen-bond donors (Lipinski definition) is 2. The molecule has 0 spiro atoms. The van der Waals surface area contributed by atoms with Crippen molar-refractivity contribution in [2.75, 3.05) is 32.2 Å². The molecule has 0 atom stereocenters. The van der Waals surface area contributed by atoms with Gasteiger partial charge in [0.1, 0.15) is 6.61 Å². The van der Waals surface area contributed by atoms with Gasteiger partial charge in [0, 0.05) is 26.1 Å². The van der Waals surface area contributed by atoms with Crippen LogP contribution in [0, 0.1) is 0 Å². The van der Waals surface area contributed by atoms with E-state index in [1.165, 1.54) is 11.3 Å². The van der Waals surface area contributed by atoms with Crippen LogP contribution in [-0.2, 0) is 9.53 Å². The quantitative estimate of drug-likeness (QED) is 0.632. The van der Waals surface area contributed by atoms with E-state index in [2.05, 4.69) is 15.6 Å². The third kappa shape index (κ3) is 6.90. The molecule has 25 heavy (non-hydrogen) atoms. The number of carbonyl (C=O) groups is 2. The van der Waals surface area contributed by atoms with Gasteiger partial charge in [0.15, 0.2) is 0 Å². The lowest BCUT2D eigenvalue weighted by molar-refractivity contribution is -0.116. The molecule has 8 heteroatoms. The minimum Gasteiger partial charge on any atom is -0.475 e. The second kappa shape index (κ2) is 10.4. The molecule has 0 saturated carbocycles. The SMILES string of the molecule is COCCOc1ccc(NC(=O)CCCNC(=O)c2cccs2)cn1. The predicted molar refractivity (Wildman–Crippen MR) is 96.1 cm³/mol. The highest BCUT2D eigenvalue weighted by Crippen LogP contribution is 2.12. The van der Waals surface area contributed by atoms with Crippen molar-refractivity contribution in [2.45, 2.75) is 12.8 Å². The fraction of sp³-hybridized carbons (Fsp3) is 0.353. The largest absolute Gasteiger partial charge is 0.475 e. The molecule has 2 N–H and O–H groups in total. The van der Waals surface area contributed by atoms with E-state index in [0.717, 1.165) is 0 Å². The molecule has 0 saturated heterocycles. The van der Waals surface area contributed by atoms with Crippen LogP contribution in [0.4, 0.5) is 5.69 Å². The first kappa shape index (κ1) is 18.9. The maximum atomic E-state index is 11.9. The first-order chi connectivity index (χ1) is 12.2. The molecule has 2 aromatic heterocycles. The lowest BCUT2D eigenvalue weighted by Crippen LogP contribution is -2.24. The van der Waals surface area contributed by atoms with Gasteiger partial charge < -0.3 is 20.1 Å². The second-order valence-corrected chi connectivity index (χ2v) is 6.06. The van der Waals surface area contributed by atoms with Crippen LogP contribution >= 0.6 is 11.3 Å². The van der Waals surface area contributed by atoms with E-state index < -0.39 is 0 Å². The Hall–Kier alpha value is -2.45. The Balaban J connectivity index is 1.63. The van der Waals surface area contributed by atoms with Crippen LogP contribution in [-0.4, -0.2) is 43.7 Å². The molecule has 0 fully saturated rings. The molecular weight excluding hydrogens is 342 g/mol. The average Bonchev–Trinajstić information content (AvgIpc) is 3.15. The van der Waals surface area contributed by atoms with E-state index in [0.29, 0.717) is 49.0 Å². The number of pyridine rings is 1. The summed E-state index contributed by atoms with van der Waals surface area (Å²) in [5, 5.41) is 7.40. The van der Waals surface area contributed by atoms with Crippen molar-refractivity contribution in [3.63, 3.8) is 0 Å². The number of amides is 2. The Morgan fingerprint density at radius 1 is 1.24 bits per heavy atom. The number of ether oxygens (including phenoxy) is 2. The van der Waals surface area contributed by atoms with Crippen molar-refractivity contribution in [2.24, 2.45) is 0 Å². The zero-order chi connectivity index (χ0) is 17.9. The number of nitrogens with zero attached hydrogens (tertiary/aromatic N) is 1. The predicted octanol–water partition coefficient (Wildman–Crippen LogP) is 2.32. The fourth-order valence-electron chi connectivity index (χ4n) is 1.94. The van der Waals surface area contributed by atoms with Gasteiger partial charge in [-0.3, -0.25) is 9.59 Å². The molecule has 0 aromatic carbocycles. The van der Waals surface area contributed by atoms with E-state index in [9.17, 15) is 9.59 Å². The lowest BCUT2D eigenvalue weighted by atomic mass is 10.3. The van der Waals surface area contributed by atoms with E-state index >= 15 is 0 Å². The van der Waals surface area contributed by atoms with Gasteiger partial charge in [-0.1, -0.05) is 6.07 Å². The Kier molecular flexibility index (Phi) is 7.87. The number of aromatic nitrogens is 1. The summed E-state index contributed by atoms with van der Waals surface area (Å²) in [4.78, 5) is 28.4.